The zero-order valence-electron chi connectivity index (χ0n) is 10.0. The molecule has 3 rings (SSSR count). The number of rotatable bonds is 3. The van der Waals surface area contributed by atoms with Crippen LogP contribution in [0.3, 0.4) is 0 Å². The molecule has 2 N–H and O–H groups in total. The lowest BCUT2D eigenvalue weighted by molar-refractivity contribution is 1.31. The third-order valence-corrected chi connectivity index (χ3v) is 3.53. The molecule has 3 aromatic rings. The van der Waals surface area contributed by atoms with Crippen molar-refractivity contribution in [3.05, 3.63) is 35.6 Å². The van der Waals surface area contributed by atoms with E-state index in [9.17, 15) is 0 Å². The smallest absolute Gasteiger partial charge is 0.129 e. The average Bonchev–Trinajstić information content (AvgIpc) is 2.91. The molecular weight excluding hydrogens is 282 g/mol. The maximum absolute atomic E-state index is 6.22. The molecule has 0 saturated carbocycles. The summed E-state index contributed by atoms with van der Waals surface area (Å²) < 4.78 is 8.47. The van der Waals surface area contributed by atoms with Crippen LogP contribution in [0.25, 0.3) is 11.0 Å². The Kier molecular flexibility index (Phi) is 3.18. The zero-order valence-corrected chi connectivity index (χ0v) is 11.6. The first-order valence-electron chi connectivity index (χ1n) is 5.58. The molecule has 96 valence electrons. The maximum atomic E-state index is 6.22. The predicted octanol–water partition coefficient (Wildman–Crippen LogP) is 3.53. The Labute approximate surface area is 119 Å². The van der Waals surface area contributed by atoms with Crippen LogP contribution in [-0.2, 0) is 0 Å². The molecule has 0 aliphatic rings. The van der Waals surface area contributed by atoms with Crippen LogP contribution >= 0.6 is 23.3 Å². The van der Waals surface area contributed by atoms with E-state index in [2.05, 4.69) is 24.4 Å². The Bertz CT molecular complexity index is 727. The van der Waals surface area contributed by atoms with E-state index in [1.165, 1.54) is 11.7 Å². The number of hydrogen-bond acceptors (Lipinski definition) is 6. The van der Waals surface area contributed by atoms with Crippen LogP contribution in [0.1, 0.15) is 0 Å². The SMILES string of the molecule is CNc1cncc(Nc2c(Cl)ccc3nsnc23)c1. The predicted molar refractivity (Wildman–Crippen MR) is 79.5 cm³/mol. The van der Waals surface area contributed by atoms with Crippen LogP contribution in [0.5, 0.6) is 0 Å². The van der Waals surface area contributed by atoms with Gasteiger partial charge < -0.3 is 10.6 Å². The molecule has 0 bridgehead atoms. The van der Waals surface area contributed by atoms with Gasteiger partial charge in [0, 0.05) is 7.05 Å². The third-order valence-electron chi connectivity index (χ3n) is 2.67. The third kappa shape index (κ3) is 2.32. The van der Waals surface area contributed by atoms with Gasteiger partial charge in [-0.2, -0.15) is 8.75 Å². The van der Waals surface area contributed by atoms with Gasteiger partial charge in [-0.05, 0) is 18.2 Å². The molecule has 0 saturated heterocycles. The van der Waals surface area contributed by atoms with E-state index in [-0.39, 0.29) is 0 Å². The molecule has 7 heteroatoms. The van der Waals surface area contributed by atoms with Crippen LogP contribution < -0.4 is 10.6 Å². The van der Waals surface area contributed by atoms with Crippen molar-refractivity contribution in [1.82, 2.24) is 13.7 Å². The van der Waals surface area contributed by atoms with Gasteiger partial charge in [-0.3, -0.25) is 4.98 Å². The normalized spacial score (nSPS) is 10.6. The topological polar surface area (TPSA) is 62.7 Å². The summed E-state index contributed by atoms with van der Waals surface area (Å²) in [6, 6.07) is 5.61. The average molecular weight is 292 g/mol. The van der Waals surface area contributed by atoms with Crippen molar-refractivity contribution in [3.8, 4) is 0 Å². The molecule has 0 aliphatic carbocycles. The maximum Gasteiger partial charge on any atom is 0.129 e. The van der Waals surface area contributed by atoms with Crippen molar-refractivity contribution in [2.24, 2.45) is 0 Å². The number of fused-ring (bicyclic) bond motifs is 1. The first kappa shape index (κ1) is 12.1. The highest BCUT2D eigenvalue weighted by molar-refractivity contribution is 7.00. The standard InChI is InChI=1S/C12H10ClN5S/c1-14-7-4-8(6-15-5-7)16-11-9(13)2-3-10-12(11)18-19-17-10/h2-6,14,16H,1H3. The Balaban J connectivity index is 2.04. The lowest BCUT2D eigenvalue weighted by Gasteiger charge is -2.09. The largest absolute Gasteiger partial charge is 0.387 e. The Morgan fingerprint density at radius 1 is 1.16 bits per heavy atom. The van der Waals surface area contributed by atoms with Gasteiger partial charge in [-0.15, -0.1) is 0 Å². The molecule has 0 aliphatic heterocycles. The monoisotopic (exact) mass is 291 g/mol. The molecule has 5 nitrogen and oxygen atoms in total. The lowest BCUT2D eigenvalue weighted by atomic mass is 10.2. The number of halogens is 1. The van der Waals surface area contributed by atoms with Crippen LogP contribution in [-0.4, -0.2) is 20.8 Å². The van der Waals surface area contributed by atoms with Gasteiger partial charge in [0.25, 0.3) is 0 Å². The first-order chi connectivity index (χ1) is 9.28. The van der Waals surface area contributed by atoms with E-state index in [0.29, 0.717) is 5.02 Å². The molecule has 0 radical (unpaired) electrons. The number of anilines is 3. The quantitative estimate of drug-likeness (QED) is 0.773. The minimum absolute atomic E-state index is 0.607. The van der Waals surface area contributed by atoms with Crippen molar-refractivity contribution in [3.63, 3.8) is 0 Å². The highest BCUT2D eigenvalue weighted by Crippen LogP contribution is 2.32. The minimum Gasteiger partial charge on any atom is -0.387 e. The molecule has 2 aromatic heterocycles. The fourth-order valence-corrected chi connectivity index (χ4v) is 2.48. The number of nitrogens with zero attached hydrogens (tertiary/aromatic N) is 3. The summed E-state index contributed by atoms with van der Waals surface area (Å²) in [5.74, 6) is 0. The number of benzene rings is 1. The minimum atomic E-state index is 0.607. The summed E-state index contributed by atoms with van der Waals surface area (Å²) in [6.07, 6.45) is 3.48. The van der Waals surface area contributed by atoms with E-state index in [4.69, 9.17) is 11.6 Å². The summed E-state index contributed by atoms with van der Waals surface area (Å²) >= 11 is 7.39. The van der Waals surface area contributed by atoms with Crippen LogP contribution in [0, 0.1) is 0 Å². The second-order valence-electron chi connectivity index (χ2n) is 3.89. The van der Waals surface area contributed by atoms with Gasteiger partial charge in [0.2, 0.25) is 0 Å². The second-order valence-corrected chi connectivity index (χ2v) is 4.83. The van der Waals surface area contributed by atoms with Crippen LogP contribution in [0.15, 0.2) is 30.6 Å². The first-order valence-corrected chi connectivity index (χ1v) is 6.69. The summed E-state index contributed by atoms with van der Waals surface area (Å²) in [5, 5.41) is 6.89. The van der Waals surface area contributed by atoms with Crippen molar-refractivity contribution in [1.29, 1.82) is 0 Å². The number of pyridine rings is 1. The van der Waals surface area contributed by atoms with Crippen LogP contribution in [0.2, 0.25) is 5.02 Å². The number of hydrogen-bond donors (Lipinski definition) is 2. The fourth-order valence-electron chi connectivity index (χ4n) is 1.74. The summed E-state index contributed by atoms with van der Waals surface area (Å²) in [6.45, 7) is 0. The zero-order chi connectivity index (χ0) is 13.2. The summed E-state index contributed by atoms with van der Waals surface area (Å²) in [7, 11) is 1.85. The van der Waals surface area contributed by atoms with E-state index < -0.39 is 0 Å². The lowest BCUT2D eigenvalue weighted by Crippen LogP contribution is -1.96. The van der Waals surface area contributed by atoms with E-state index in [1.54, 1.807) is 12.4 Å². The van der Waals surface area contributed by atoms with Gasteiger partial charge in [0.05, 0.1) is 46.2 Å². The molecule has 0 spiro atoms. The second kappa shape index (κ2) is 4.99. The fraction of sp³-hybridized carbons (Fsp3) is 0.0833. The van der Waals surface area contributed by atoms with Crippen molar-refractivity contribution >= 4 is 51.4 Å². The van der Waals surface area contributed by atoms with Gasteiger partial charge >= 0.3 is 0 Å². The Morgan fingerprint density at radius 2 is 2.00 bits per heavy atom. The van der Waals surface area contributed by atoms with E-state index >= 15 is 0 Å². The molecule has 19 heavy (non-hydrogen) atoms. The summed E-state index contributed by atoms with van der Waals surface area (Å²) in [5.41, 5.74) is 4.11. The van der Waals surface area contributed by atoms with Crippen molar-refractivity contribution in [2.45, 2.75) is 0 Å². The molecule has 0 amide bonds. The van der Waals surface area contributed by atoms with E-state index in [1.807, 2.05) is 25.2 Å². The molecule has 0 fully saturated rings. The number of nitrogens with one attached hydrogen (secondary N) is 2. The van der Waals surface area contributed by atoms with Gasteiger partial charge in [-0.25, -0.2) is 0 Å². The van der Waals surface area contributed by atoms with Gasteiger partial charge in [-0.1, -0.05) is 11.6 Å². The van der Waals surface area contributed by atoms with Crippen LogP contribution in [0.4, 0.5) is 17.1 Å². The molecule has 1 aromatic carbocycles. The van der Waals surface area contributed by atoms with E-state index in [0.717, 1.165) is 28.1 Å². The molecule has 0 unspecified atom stereocenters. The highest BCUT2D eigenvalue weighted by atomic mass is 35.5. The van der Waals surface area contributed by atoms with Crippen molar-refractivity contribution < 1.29 is 0 Å². The summed E-state index contributed by atoms with van der Waals surface area (Å²) in [4.78, 5) is 4.15. The number of aromatic nitrogens is 3. The van der Waals surface area contributed by atoms with Crippen molar-refractivity contribution in [2.75, 3.05) is 17.7 Å². The Morgan fingerprint density at radius 3 is 2.84 bits per heavy atom. The molecule has 2 heterocycles. The molecular formula is C12H10ClN5S. The van der Waals surface area contributed by atoms with Gasteiger partial charge in [0.15, 0.2) is 0 Å². The molecule has 0 atom stereocenters. The highest BCUT2D eigenvalue weighted by Gasteiger charge is 2.10. The Hall–Kier alpha value is -1.92. The van der Waals surface area contributed by atoms with Gasteiger partial charge in [0.1, 0.15) is 11.0 Å².